The quantitative estimate of drug-likeness (QED) is 0.852. The predicted molar refractivity (Wildman–Crippen MR) is 84.2 cm³/mol. The molecule has 0 bridgehead atoms. The highest BCUT2D eigenvalue weighted by molar-refractivity contribution is 7.16. The Morgan fingerprint density at radius 2 is 2.33 bits per heavy atom. The second-order valence-electron chi connectivity index (χ2n) is 4.52. The fourth-order valence-corrected chi connectivity index (χ4v) is 2.47. The van der Waals surface area contributed by atoms with Crippen molar-refractivity contribution in [2.45, 2.75) is 19.8 Å². The van der Waals surface area contributed by atoms with E-state index < -0.39 is 0 Å². The summed E-state index contributed by atoms with van der Waals surface area (Å²) < 4.78 is 0. The summed E-state index contributed by atoms with van der Waals surface area (Å²) in [5.74, 6) is 5.62. The number of nitrogens with zero attached hydrogens (tertiary/aromatic N) is 1. The minimum Gasteiger partial charge on any atom is -0.395 e. The van der Waals surface area contributed by atoms with Gasteiger partial charge in [-0.1, -0.05) is 53.0 Å². The fraction of sp³-hybridized carbons (Fsp3) is 0.250. The first-order valence-electron chi connectivity index (χ1n) is 6.58. The van der Waals surface area contributed by atoms with Crippen LogP contribution in [0.4, 0.5) is 5.13 Å². The second kappa shape index (κ2) is 7.58. The van der Waals surface area contributed by atoms with Crippen molar-refractivity contribution in [2.75, 3.05) is 11.9 Å². The van der Waals surface area contributed by atoms with E-state index >= 15 is 0 Å². The molecule has 0 spiro atoms. The molecule has 2 aromatic rings. The number of carbonyl (C=O) groups is 1. The molecule has 108 valence electrons. The molecule has 21 heavy (non-hydrogen) atoms. The van der Waals surface area contributed by atoms with E-state index in [2.05, 4.69) is 22.1 Å². The van der Waals surface area contributed by atoms with Gasteiger partial charge in [-0.2, -0.15) is 0 Å². The Kier molecular flexibility index (Phi) is 5.50. The zero-order valence-electron chi connectivity index (χ0n) is 11.7. The fourth-order valence-electron chi connectivity index (χ4n) is 1.77. The number of hydrogen-bond acceptors (Lipinski definition) is 4. The van der Waals surface area contributed by atoms with Gasteiger partial charge in [-0.3, -0.25) is 4.79 Å². The van der Waals surface area contributed by atoms with Crippen molar-refractivity contribution in [1.29, 1.82) is 0 Å². The van der Waals surface area contributed by atoms with Crippen molar-refractivity contribution in [2.24, 2.45) is 0 Å². The Morgan fingerprint density at radius 1 is 1.48 bits per heavy atom. The molecule has 0 aliphatic heterocycles. The summed E-state index contributed by atoms with van der Waals surface area (Å²) in [5, 5.41) is 12.0. The highest BCUT2D eigenvalue weighted by Gasteiger charge is 2.07. The van der Waals surface area contributed by atoms with Crippen molar-refractivity contribution < 1.29 is 9.90 Å². The van der Waals surface area contributed by atoms with E-state index in [4.69, 9.17) is 5.11 Å². The Balaban J connectivity index is 1.93. The minimum absolute atomic E-state index is 0.0475. The molecule has 1 aromatic heterocycles. The van der Waals surface area contributed by atoms with Crippen LogP contribution in [0.5, 0.6) is 0 Å². The van der Waals surface area contributed by atoms with Crippen LogP contribution >= 0.6 is 11.3 Å². The maximum Gasteiger partial charge on any atom is 0.230 e. The van der Waals surface area contributed by atoms with Gasteiger partial charge in [0, 0.05) is 6.42 Å². The number of carbonyl (C=O) groups excluding carboxylic acids is 1. The van der Waals surface area contributed by atoms with Crippen LogP contribution in [0.15, 0.2) is 30.5 Å². The van der Waals surface area contributed by atoms with E-state index in [1.165, 1.54) is 11.3 Å². The number of aromatic nitrogens is 1. The maximum absolute atomic E-state index is 11.9. The molecule has 1 amide bonds. The van der Waals surface area contributed by atoms with Gasteiger partial charge in [0.15, 0.2) is 5.13 Å². The predicted octanol–water partition coefficient (Wildman–Crippen LogP) is 2.37. The minimum atomic E-state index is -0.0928. The SMILES string of the molecule is Cc1cccc(CC(=O)Nc2ncc(C#CCCO)s2)c1. The monoisotopic (exact) mass is 300 g/mol. The van der Waals surface area contributed by atoms with Gasteiger partial charge in [0.1, 0.15) is 0 Å². The summed E-state index contributed by atoms with van der Waals surface area (Å²) in [4.78, 5) is 16.8. The molecule has 0 radical (unpaired) electrons. The molecule has 1 aromatic carbocycles. The third-order valence-electron chi connectivity index (χ3n) is 2.65. The Hall–Kier alpha value is -2.16. The average molecular weight is 300 g/mol. The van der Waals surface area contributed by atoms with Crippen LogP contribution < -0.4 is 5.32 Å². The van der Waals surface area contributed by atoms with Crippen molar-refractivity contribution in [3.63, 3.8) is 0 Å². The summed E-state index contributed by atoms with van der Waals surface area (Å²) in [6.07, 6.45) is 2.39. The maximum atomic E-state index is 11.9. The Labute approximate surface area is 127 Å². The van der Waals surface area contributed by atoms with E-state index in [1.54, 1.807) is 6.20 Å². The number of benzene rings is 1. The molecule has 0 fully saturated rings. The lowest BCUT2D eigenvalue weighted by molar-refractivity contribution is -0.115. The van der Waals surface area contributed by atoms with Gasteiger partial charge in [-0.25, -0.2) is 4.98 Å². The first-order valence-corrected chi connectivity index (χ1v) is 7.40. The average Bonchev–Trinajstić information content (AvgIpc) is 2.86. The number of anilines is 1. The van der Waals surface area contributed by atoms with Crippen LogP contribution in [0, 0.1) is 18.8 Å². The van der Waals surface area contributed by atoms with E-state index in [9.17, 15) is 4.79 Å². The number of aryl methyl sites for hydroxylation is 1. The van der Waals surface area contributed by atoms with Gasteiger partial charge in [-0.05, 0) is 12.5 Å². The van der Waals surface area contributed by atoms with Crippen LogP contribution in [0.1, 0.15) is 22.4 Å². The van der Waals surface area contributed by atoms with Crippen LogP contribution in [0.2, 0.25) is 0 Å². The lowest BCUT2D eigenvalue weighted by Crippen LogP contribution is -2.14. The standard InChI is InChI=1S/C16H16N2O2S/c1-12-5-4-6-13(9-12)10-15(20)18-16-17-11-14(21-16)7-2-3-8-19/h4-6,9,11,19H,3,8,10H2,1H3,(H,17,18,20). The normalized spacial score (nSPS) is 9.81. The number of aliphatic hydroxyl groups is 1. The van der Waals surface area contributed by atoms with Crippen molar-refractivity contribution in [1.82, 2.24) is 4.98 Å². The number of amides is 1. The van der Waals surface area contributed by atoms with Gasteiger partial charge in [0.2, 0.25) is 5.91 Å². The molecule has 0 unspecified atom stereocenters. The molecule has 0 aliphatic rings. The molecule has 2 N–H and O–H groups in total. The van der Waals surface area contributed by atoms with E-state index in [-0.39, 0.29) is 12.5 Å². The zero-order chi connectivity index (χ0) is 15.1. The van der Waals surface area contributed by atoms with Crippen LogP contribution in [-0.2, 0) is 11.2 Å². The highest BCUT2D eigenvalue weighted by Crippen LogP contribution is 2.17. The molecule has 0 atom stereocenters. The molecule has 2 rings (SSSR count). The largest absolute Gasteiger partial charge is 0.395 e. The van der Waals surface area contributed by atoms with Crippen LogP contribution in [0.3, 0.4) is 0 Å². The molecule has 1 heterocycles. The van der Waals surface area contributed by atoms with Gasteiger partial charge in [-0.15, -0.1) is 0 Å². The lowest BCUT2D eigenvalue weighted by atomic mass is 10.1. The zero-order valence-corrected chi connectivity index (χ0v) is 12.5. The number of hydrogen-bond donors (Lipinski definition) is 2. The summed E-state index contributed by atoms with van der Waals surface area (Å²) in [6.45, 7) is 2.05. The Morgan fingerprint density at radius 3 is 3.10 bits per heavy atom. The Bertz CT molecular complexity index is 683. The third kappa shape index (κ3) is 5.03. The van der Waals surface area contributed by atoms with Crippen LogP contribution in [0.25, 0.3) is 0 Å². The molecular weight excluding hydrogens is 284 g/mol. The van der Waals surface area contributed by atoms with E-state index in [1.807, 2.05) is 31.2 Å². The smallest absolute Gasteiger partial charge is 0.230 e. The molecule has 0 aliphatic carbocycles. The van der Waals surface area contributed by atoms with Gasteiger partial charge < -0.3 is 10.4 Å². The summed E-state index contributed by atoms with van der Waals surface area (Å²) in [5.41, 5.74) is 2.11. The topological polar surface area (TPSA) is 62.2 Å². The first kappa shape index (κ1) is 15.2. The van der Waals surface area contributed by atoms with Crippen molar-refractivity contribution in [3.8, 4) is 11.8 Å². The lowest BCUT2D eigenvalue weighted by Gasteiger charge is -2.02. The molecular formula is C16H16N2O2S. The molecule has 0 saturated carbocycles. The molecule has 4 nitrogen and oxygen atoms in total. The summed E-state index contributed by atoms with van der Waals surface area (Å²) in [6, 6.07) is 7.86. The van der Waals surface area contributed by atoms with Gasteiger partial charge >= 0.3 is 0 Å². The number of nitrogens with one attached hydrogen (secondary N) is 1. The van der Waals surface area contributed by atoms with Crippen molar-refractivity contribution >= 4 is 22.4 Å². The van der Waals surface area contributed by atoms with Gasteiger partial charge in [0.25, 0.3) is 0 Å². The molecule has 0 saturated heterocycles. The number of aliphatic hydroxyl groups excluding tert-OH is 1. The number of thiazole rings is 1. The highest BCUT2D eigenvalue weighted by atomic mass is 32.1. The van der Waals surface area contributed by atoms with E-state index in [0.29, 0.717) is 18.0 Å². The van der Waals surface area contributed by atoms with Gasteiger partial charge in [0.05, 0.1) is 24.1 Å². The number of rotatable bonds is 4. The molecule has 5 heteroatoms. The van der Waals surface area contributed by atoms with E-state index in [0.717, 1.165) is 16.0 Å². The summed E-state index contributed by atoms with van der Waals surface area (Å²) >= 11 is 1.33. The first-order chi connectivity index (χ1) is 10.2. The third-order valence-corrected chi connectivity index (χ3v) is 3.48. The summed E-state index contributed by atoms with van der Waals surface area (Å²) in [7, 11) is 0. The van der Waals surface area contributed by atoms with Crippen LogP contribution in [-0.4, -0.2) is 22.6 Å². The van der Waals surface area contributed by atoms with Crippen molar-refractivity contribution in [3.05, 3.63) is 46.5 Å². The second-order valence-corrected chi connectivity index (χ2v) is 5.55.